The largest absolute Gasteiger partial charge is 0.326 e. The molecular weight excluding hydrogens is 637 g/mol. The average Bonchev–Trinajstić information content (AvgIpc) is 3.13. The number of unbranched alkanes of at least 4 members (excludes halogenated alkanes) is 20. The van der Waals surface area contributed by atoms with Gasteiger partial charge in [0.25, 0.3) is 0 Å². The Balaban J connectivity index is 1.95. The molecule has 2 rings (SSSR count). The van der Waals surface area contributed by atoms with Gasteiger partial charge in [-0.25, -0.2) is 0 Å². The summed E-state index contributed by atoms with van der Waals surface area (Å²) in [5.74, 6) is 1.19. The molecule has 0 aromatic heterocycles. The maximum absolute atomic E-state index is 13.3. The Bertz CT molecular complexity index is 1060. The SMILES string of the molecule is CCCCCCCCC(CCCCCCCC)CC(=O)Nc1ccc2ccc(NC(=O)CC(CCCCCCCC)CCCCCCCC)cc2c1. The van der Waals surface area contributed by atoms with Crippen LogP contribution in [0.1, 0.15) is 220 Å². The van der Waals surface area contributed by atoms with Crippen LogP contribution in [0.3, 0.4) is 0 Å². The molecule has 296 valence electrons. The molecule has 0 bridgehead atoms. The highest BCUT2D eigenvalue weighted by Crippen LogP contribution is 2.27. The van der Waals surface area contributed by atoms with Gasteiger partial charge in [-0.1, -0.05) is 194 Å². The Labute approximate surface area is 321 Å². The van der Waals surface area contributed by atoms with E-state index < -0.39 is 0 Å². The monoisotopic (exact) mass is 719 g/mol. The molecule has 4 nitrogen and oxygen atoms in total. The van der Waals surface area contributed by atoms with Crippen molar-refractivity contribution in [2.24, 2.45) is 11.8 Å². The first-order chi connectivity index (χ1) is 25.5. The Kier molecular flexibility index (Phi) is 27.3. The summed E-state index contributed by atoms with van der Waals surface area (Å²) < 4.78 is 0. The lowest BCUT2D eigenvalue weighted by molar-refractivity contribution is -0.118. The zero-order valence-corrected chi connectivity index (χ0v) is 34.6. The van der Waals surface area contributed by atoms with Crippen LogP contribution >= 0.6 is 0 Å². The van der Waals surface area contributed by atoms with Crippen molar-refractivity contribution in [3.8, 4) is 0 Å². The Morgan fingerprint density at radius 3 is 1.00 bits per heavy atom. The first-order valence-electron chi connectivity index (χ1n) is 22.6. The van der Waals surface area contributed by atoms with Crippen molar-refractivity contribution in [1.82, 2.24) is 0 Å². The number of carbonyl (C=O) groups excluding carboxylic acids is 2. The fourth-order valence-electron chi connectivity index (χ4n) is 7.90. The average molecular weight is 719 g/mol. The van der Waals surface area contributed by atoms with Gasteiger partial charge in [-0.2, -0.15) is 0 Å². The molecule has 0 fully saturated rings. The second-order valence-electron chi connectivity index (χ2n) is 16.2. The zero-order valence-electron chi connectivity index (χ0n) is 34.6. The minimum atomic E-state index is 0.132. The van der Waals surface area contributed by atoms with E-state index in [1.54, 1.807) is 0 Å². The molecule has 0 aliphatic heterocycles. The smallest absolute Gasteiger partial charge is 0.224 e. The minimum Gasteiger partial charge on any atom is -0.326 e. The van der Waals surface area contributed by atoms with E-state index in [9.17, 15) is 9.59 Å². The molecule has 2 aromatic carbocycles. The molecule has 0 saturated heterocycles. The molecule has 0 aliphatic rings. The molecule has 0 atom stereocenters. The van der Waals surface area contributed by atoms with Gasteiger partial charge in [0.05, 0.1) is 0 Å². The Morgan fingerprint density at radius 1 is 0.404 bits per heavy atom. The first-order valence-corrected chi connectivity index (χ1v) is 22.6. The number of benzene rings is 2. The van der Waals surface area contributed by atoms with Gasteiger partial charge < -0.3 is 10.6 Å². The van der Waals surface area contributed by atoms with Gasteiger partial charge in [-0.05, 0) is 72.6 Å². The highest BCUT2D eigenvalue weighted by Gasteiger charge is 2.16. The summed E-state index contributed by atoms with van der Waals surface area (Å²) in [5, 5.41) is 8.62. The highest BCUT2D eigenvalue weighted by molar-refractivity contribution is 5.97. The van der Waals surface area contributed by atoms with Gasteiger partial charge in [-0.3, -0.25) is 9.59 Å². The molecule has 52 heavy (non-hydrogen) atoms. The summed E-state index contributed by atoms with van der Waals surface area (Å²) in [7, 11) is 0. The van der Waals surface area contributed by atoms with Crippen molar-refractivity contribution in [1.29, 1.82) is 0 Å². The molecule has 0 heterocycles. The van der Waals surface area contributed by atoms with Gasteiger partial charge in [0.2, 0.25) is 11.8 Å². The van der Waals surface area contributed by atoms with Crippen LogP contribution in [0.2, 0.25) is 0 Å². The second-order valence-corrected chi connectivity index (χ2v) is 16.2. The number of rotatable bonds is 34. The molecule has 2 aromatic rings. The number of hydrogen-bond acceptors (Lipinski definition) is 2. The molecule has 0 spiro atoms. The Morgan fingerprint density at radius 2 is 0.692 bits per heavy atom. The van der Waals surface area contributed by atoms with Crippen molar-refractivity contribution in [2.75, 3.05) is 10.6 Å². The number of anilines is 2. The van der Waals surface area contributed by atoms with Crippen molar-refractivity contribution >= 4 is 34.0 Å². The lowest BCUT2D eigenvalue weighted by Gasteiger charge is -2.18. The molecule has 2 amide bonds. The van der Waals surface area contributed by atoms with E-state index in [1.165, 1.54) is 154 Å². The normalized spacial score (nSPS) is 11.6. The minimum absolute atomic E-state index is 0.132. The van der Waals surface area contributed by atoms with E-state index in [2.05, 4.69) is 62.6 Å². The van der Waals surface area contributed by atoms with Crippen molar-refractivity contribution < 1.29 is 9.59 Å². The molecule has 0 unspecified atom stereocenters. The van der Waals surface area contributed by atoms with E-state index in [0.717, 1.165) is 47.8 Å². The van der Waals surface area contributed by atoms with Crippen LogP contribution < -0.4 is 10.6 Å². The van der Waals surface area contributed by atoms with Gasteiger partial charge in [0.15, 0.2) is 0 Å². The molecule has 0 saturated carbocycles. The predicted molar refractivity (Wildman–Crippen MR) is 229 cm³/mol. The predicted octanol–water partition coefficient (Wildman–Crippen LogP) is 15.7. The number of carbonyl (C=O) groups is 2. The fourth-order valence-corrected chi connectivity index (χ4v) is 7.90. The lowest BCUT2D eigenvalue weighted by atomic mass is 9.91. The Hall–Kier alpha value is -2.36. The first kappa shape index (κ1) is 45.8. The number of amides is 2. The second kappa shape index (κ2) is 31.0. The van der Waals surface area contributed by atoms with Crippen molar-refractivity contribution in [3.63, 3.8) is 0 Å². The van der Waals surface area contributed by atoms with Crippen LogP contribution in [-0.4, -0.2) is 11.8 Å². The molecule has 4 heteroatoms. The summed E-state index contributed by atoms with van der Waals surface area (Å²) in [6.07, 6.45) is 37.1. The summed E-state index contributed by atoms with van der Waals surface area (Å²) in [5.41, 5.74) is 1.69. The van der Waals surface area contributed by atoms with Crippen molar-refractivity contribution in [3.05, 3.63) is 36.4 Å². The number of nitrogens with one attached hydrogen (secondary N) is 2. The molecule has 0 radical (unpaired) electrons. The summed E-state index contributed by atoms with van der Waals surface area (Å²) in [4.78, 5) is 26.7. The van der Waals surface area contributed by atoms with E-state index in [-0.39, 0.29) is 11.8 Å². The summed E-state index contributed by atoms with van der Waals surface area (Å²) in [6, 6.07) is 12.3. The van der Waals surface area contributed by atoms with Crippen LogP contribution in [0.4, 0.5) is 11.4 Å². The van der Waals surface area contributed by atoms with E-state index in [1.807, 2.05) is 12.1 Å². The van der Waals surface area contributed by atoms with E-state index in [0.29, 0.717) is 24.7 Å². The summed E-state index contributed by atoms with van der Waals surface area (Å²) in [6.45, 7) is 9.08. The molecule has 2 N–H and O–H groups in total. The fraction of sp³-hybridized carbons (Fsp3) is 0.750. The maximum atomic E-state index is 13.3. The number of fused-ring (bicyclic) bond motifs is 1. The summed E-state index contributed by atoms with van der Waals surface area (Å²) >= 11 is 0. The van der Waals surface area contributed by atoms with Crippen LogP contribution in [0.25, 0.3) is 10.8 Å². The van der Waals surface area contributed by atoms with Crippen molar-refractivity contribution in [2.45, 2.75) is 220 Å². The standard InChI is InChI=1S/C48H82N2O2/c1-5-9-13-17-21-25-29-41(30-26-22-18-14-10-6-2)37-47(51)49-45-35-33-43-34-36-46(40-44(43)39-45)50-48(52)38-42(31-27-23-19-15-11-7-3)32-28-24-20-16-12-8-4/h33-36,39-42H,5-32,37-38H2,1-4H3,(H,49,51)(H,50,52). The zero-order chi connectivity index (χ0) is 37.5. The van der Waals surface area contributed by atoms with Crippen LogP contribution in [0.5, 0.6) is 0 Å². The molecule has 0 aliphatic carbocycles. The quantitative estimate of drug-likeness (QED) is 0.0708. The third kappa shape index (κ3) is 22.7. The van der Waals surface area contributed by atoms with Crippen LogP contribution in [0.15, 0.2) is 36.4 Å². The lowest BCUT2D eigenvalue weighted by Crippen LogP contribution is -2.17. The van der Waals surface area contributed by atoms with Crippen LogP contribution in [-0.2, 0) is 9.59 Å². The van der Waals surface area contributed by atoms with Gasteiger partial charge in [0.1, 0.15) is 0 Å². The van der Waals surface area contributed by atoms with E-state index in [4.69, 9.17) is 0 Å². The van der Waals surface area contributed by atoms with E-state index >= 15 is 0 Å². The molecular formula is C48H82N2O2. The van der Waals surface area contributed by atoms with Gasteiger partial charge in [0, 0.05) is 24.2 Å². The van der Waals surface area contributed by atoms with Gasteiger partial charge >= 0.3 is 0 Å². The van der Waals surface area contributed by atoms with Crippen LogP contribution in [0, 0.1) is 11.8 Å². The number of hydrogen-bond donors (Lipinski definition) is 2. The van der Waals surface area contributed by atoms with Gasteiger partial charge in [-0.15, -0.1) is 0 Å². The highest BCUT2D eigenvalue weighted by atomic mass is 16.2. The third-order valence-electron chi connectivity index (χ3n) is 11.2. The third-order valence-corrected chi connectivity index (χ3v) is 11.2. The topological polar surface area (TPSA) is 58.2 Å². The maximum Gasteiger partial charge on any atom is 0.224 e.